The second-order valence-corrected chi connectivity index (χ2v) is 8.95. The summed E-state index contributed by atoms with van der Waals surface area (Å²) in [6.45, 7) is 0. The monoisotopic (exact) mass is 406 g/mol. The molecule has 2 aliphatic rings. The van der Waals surface area contributed by atoms with Crippen molar-refractivity contribution in [3.8, 4) is 5.75 Å². The summed E-state index contributed by atoms with van der Waals surface area (Å²) in [6, 6.07) is 10.1. The Morgan fingerprint density at radius 2 is 1.54 bits per heavy atom. The Hall–Kier alpha value is -2.54. The predicted octanol–water partition coefficient (Wildman–Crippen LogP) is 5.09. The predicted molar refractivity (Wildman–Crippen MR) is 100 cm³/mol. The van der Waals surface area contributed by atoms with Crippen molar-refractivity contribution in [1.29, 1.82) is 0 Å². The van der Waals surface area contributed by atoms with Crippen molar-refractivity contribution in [2.45, 2.75) is 23.5 Å². The molecule has 28 heavy (non-hydrogen) atoms. The highest BCUT2D eigenvalue weighted by atomic mass is 32.2. The second kappa shape index (κ2) is 6.51. The van der Waals surface area contributed by atoms with Crippen LogP contribution in [0.5, 0.6) is 5.75 Å². The van der Waals surface area contributed by atoms with E-state index in [0.29, 0.717) is 11.1 Å². The van der Waals surface area contributed by atoms with Crippen LogP contribution in [0.2, 0.25) is 0 Å². The maximum absolute atomic E-state index is 14.2. The Kier molecular flexibility index (Phi) is 4.38. The molecule has 0 atom stereocenters. The highest BCUT2D eigenvalue weighted by Gasteiger charge is 2.43. The van der Waals surface area contributed by atoms with Gasteiger partial charge in [0.2, 0.25) is 9.84 Å². The molecule has 2 aromatic rings. The maximum Gasteiger partial charge on any atom is 0.341 e. The number of hydrogen-bond acceptors (Lipinski definition) is 3. The normalized spacial score (nSPS) is 17.6. The molecule has 2 aromatic carbocycles. The zero-order valence-electron chi connectivity index (χ0n) is 15.0. The summed E-state index contributed by atoms with van der Waals surface area (Å²) >= 11 is 0. The summed E-state index contributed by atoms with van der Waals surface area (Å²) in [5, 5.41) is 0. The topological polar surface area (TPSA) is 43.4 Å². The molecule has 7 heteroatoms. The van der Waals surface area contributed by atoms with Crippen molar-refractivity contribution in [1.82, 2.24) is 0 Å². The van der Waals surface area contributed by atoms with Crippen LogP contribution in [-0.2, 0) is 9.84 Å². The van der Waals surface area contributed by atoms with Gasteiger partial charge in [-0.15, -0.1) is 0 Å². The first-order valence-corrected chi connectivity index (χ1v) is 10.2. The Morgan fingerprint density at radius 1 is 0.964 bits per heavy atom. The van der Waals surface area contributed by atoms with Crippen molar-refractivity contribution < 1.29 is 26.3 Å². The van der Waals surface area contributed by atoms with Gasteiger partial charge in [-0.3, -0.25) is 0 Å². The molecule has 4 rings (SSSR count). The van der Waals surface area contributed by atoms with Gasteiger partial charge in [-0.2, -0.15) is 8.78 Å². The van der Waals surface area contributed by atoms with Crippen molar-refractivity contribution in [3.63, 3.8) is 0 Å². The van der Waals surface area contributed by atoms with E-state index >= 15 is 0 Å². The molecule has 0 saturated heterocycles. The van der Waals surface area contributed by atoms with Gasteiger partial charge in [0, 0.05) is 5.41 Å². The van der Waals surface area contributed by atoms with E-state index in [-0.39, 0.29) is 11.2 Å². The molecule has 0 aromatic heterocycles. The lowest BCUT2D eigenvalue weighted by atomic mass is 9.95. The molecule has 0 amide bonds. The largest absolute Gasteiger partial charge is 0.494 e. The van der Waals surface area contributed by atoms with E-state index < -0.39 is 26.3 Å². The van der Waals surface area contributed by atoms with Crippen molar-refractivity contribution in [3.05, 3.63) is 71.6 Å². The van der Waals surface area contributed by atoms with E-state index in [1.165, 1.54) is 37.4 Å². The minimum Gasteiger partial charge on any atom is -0.494 e. The number of rotatable bonds is 5. The lowest BCUT2D eigenvalue weighted by molar-refractivity contribution is 0.234. The molecule has 2 aliphatic carbocycles. The number of benzene rings is 2. The van der Waals surface area contributed by atoms with Gasteiger partial charge in [-0.1, -0.05) is 30.4 Å². The molecule has 0 N–H and O–H groups in total. The van der Waals surface area contributed by atoms with E-state index in [4.69, 9.17) is 4.74 Å². The fraction of sp³-hybridized carbons (Fsp3) is 0.238. The van der Waals surface area contributed by atoms with Crippen LogP contribution < -0.4 is 4.74 Å². The Balaban J connectivity index is 1.73. The molecule has 146 valence electrons. The van der Waals surface area contributed by atoms with Crippen LogP contribution in [0.4, 0.5) is 13.2 Å². The van der Waals surface area contributed by atoms with Crippen LogP contribution in [0.1, 0.15) is 24.0 Å². The number of methoxy groups -OCH3 is 1. The molecule has 0 bridgehead atoms. The smallest absolute Gasteiger partial charge is 0.341 e. The van der Waals surface area contributed by atoms with Crippen LogP contribution >= 0.6 is 0 Å². The SMILES string of the molecule is COc1ccc(C2=CC3(C=C2c2ccc(S(=O)(=O)C(F)F)cc2)CC3)cc1F. The number of hydrogen-bond donors (Lipinski definition) is 0. The third-order valence-corrected chi connectivity index (χ3v) is 6.57. The molecule has 0 aliphatic heterocycles. The Morgan fingerprint density at radius 3 is 2.04 bits per heavy atom. The molecular weight excluding hydrogens is 389 g/mol. The number of ether oxygens (including phenoxy) is 1. The fourth-order valence-corrected chi connectivity index (χ4v) is 4.16. The Labute approximate surface area is 161 Å². The molecule has 0 radical (unpaired) electrons. The average Bonchev–Trinajstić information content (AvgIpc) is 3.32. The quantitative estimate of drug-likeness (QED) is 0.695. The fourth-order valence-electron chi connectivity index (χ4n) is 3.44. The summed E-state index contributed by atoms with van der Waals surface area (Å²) in [6.07, 6.45) is 6.14. The summed E-state index contributed by atoms with van der Waals surface area (Å²) in [7, 11) is -3.24. The van der Waals surface area contributed by atoms with Gasteiger partial charge in [0.15, 0.2) is 11.6 Å². The average molecular weight is 406 g/mol. The van der Waals surface area contributed by atoms with E-state index in [0.717, 1.165) is 24.0 Å². The van der Waals surface area contributed by atoms with Crippen LogP contribution in [0.15, 0.2) is 59.5 Å². The second-order valence-electron chi connectivity index (χ2n) is 7.03. The van der Waals surface area contributed by atoms with E-state index in [1.807, 2.05) is 0 Å². The zero-order chi connectivity index (χ0) is 20.1. The summed E-state index contributed by atoms with van der Waals surface area (Å²) in [5.41, 5.74) is 2.98. The molecule has 0 unspecified atom stereocenters. The first kappa shape index (κ1) is 18.8. The van der Waals surface area contributed by atoms with Crippen LogP contribution in [-0.4, -0.2) is 21.3 Å². The first-order valence-electron chi connectivity index (χ1n) is 8.68. The van der Waals surface area contributed by atoms with Crippen LogP contribution in [0.3, 0.4) is 0 Å². The molecule has 1 spiro atoms. The number of alkyl halides is 2. The molecule has 1 saturated carbocycles. The van der Waals surface area contributed by atoms with E-state index in [1.54, 1.807) is 12.1 Å². The van der Waals surface area contributed by atoms with Gasteiger partial charge >= 0.3 is 5.76 Å². The lowest BCUT2D eigenvalue weighted by Gasteiger charge is -2.12. The number of sulfone groups is 1. The molecule has 3 nitrogen and oxygen atoms in total. The maximum atomic E-state index is 14.2. The summed E-state index contributed by atoms with van der Waals surface area (Å²) in [4.78, 5) is -0.424. The standard InChI is InChI=1S/C21H17F3O3S/c1-27-19-7-4-14(10-18(19)22)17-12-21(8-9-21)11-16(17)13-2-5-15(6-3-13)28(25,26)20(23)24/h2-7,10-12,20H,8-9H2,1H3. The van der Waals surface area contributed by atoms with Crippen molar-refractivity contribution in [2.24, 2.45) is 5.41 Å². The highest BCUT2D eigenvalue weighted by molar-refractivity contribution is 7.91. The third kappa shape index (κ3) is 3.13. The first-order chi connectivity index (χ1) is 13.3. The summed E-state index contributed by atoms with van der Waals surface area (Å²) in [5.74, 6) is -3.79. The van der Waals surface area contributed by atoms with Gasteiger partial charge in [0.1, 0.15) is 0 Å². The van der Waals surface area contributed by atoms with Crippen molar-refractivity contribution >= 4 is 21.0 Å². The lowest BCUT2D eigenvalue weighted by Crippen LogP contribution is -2.11. The minimum absolute atomic E-state index is 0.0607. The van der Waals surface area contributed by atoms with Gasteiger partial charge < -0.3 is 4.74 Å². The Bertz CT molecular complexity index is 1100. The van der Waals surface area contributed by atoms with Gasteiger partial charge in [0.05, 0.1) is 12.0 Å². The minimum atomic E-state index is -4.64. The number of allylic oxidation sites excluding steroid dienone is 4. The third-order valence-electron chi connectivity index (χ3n) is 5.17. The van der Waals surface area contributed by atoms with Gasteiger partial charge in [0.25, 0.3) is 0 Å². The molecular formula is C21H17F3O3S. The van der Waals surface area contributed by atoms with Crippen LogP contribution in [0.25, 0.3) is 11.1 Å². The molecule has 0 heterocycles. The highest BCUT2D eigenvalue weighted by Crippen LogP contribution is 2.57. The van der Waals surface area contributed by atoms with Crippen molar-refractivity contribution in [2.75, 3.05) is 7.11 Å². The number of halogens is 3. The zero-order valence-corrected chi connectivity index (χ0v) is 15.8. The van der Waals surface area contributed by atoms with E-state index in [9.17, 15) is 21.6 Å². The summed E-state index contributed by atoms with van der Waals surface area (Å²) < 4.78 is 67.9. The van der Waals surface area contributed by atoms with Crippen LogP contribution in [0, 0.1) is 11.2 Å². The van der Waals surface area contributed by atoms with Gasteiger partial charge in [-0.05, 0) is 59.4 Å². The molecule has 1 fully saturated rings. The van der Waals surface area contributed by atoms with E-state index in [2.05, 4.69) is 12.2 Å². The van der Waals surface area contributed by atoms with Gasteiger partial charge in [-0.25, -0.2) is 12.8 Å².